The second-order valence-electron chi connectivity index (χ2n) is 3.93. The molecule has 4 heteroatoms. The molecule has 17 heavy (non-hydrogen) atoms. The van der Waals surface area contributed by atoms with E-state index in [1.807, 2.05) is 27.7 Å². The van der Waals surface area contributed by atoms with Gasteiger partial charge in [-0.3, -0.25) is 9.69 Å². The minimum Gasteiger partial charge on any atom is -0.464 e. The lowest BCUT2D eigenvalue weighted by molar-refractivity contribution is -0.148. The van der Waals surface area contributed by atoms with Crippen molar-refractivity contribution >= 4 is 5.97 Å². The quantitative estimate of drug-likeness (QED) is 0.694. The maximum absolute atomic E-state index is 11.4. The van der Waals surface area contributed by atoms with Crippen molar-refractivity contribution in [2.75, 3.05) is 39.5 Å². The molecule has 0 aromatic rings. The van der Waals surface area contributed by atoms with Gasteiger partial charge in [0.15, 0.2) is 0 Å². The fourth-order valence-corrected chi connectivity index (χ4v) is 1.41. The molecule has 1 aliphatic rings. The van der Waals surface area contributed by atoms with Gasteiger partial charge in [0.2, 0.25) is 0 Å². The zero-order valence-corrected chi connectivity index (χ0v) is 11.7. The molecule has 0 aliphatic carbocycles. The monoisotopic (exact) mass is 245 g/mol. The van der Waals surface area contributed by atoms with Crippen LogP contribution in [0.5, 0.6) is 0 Å². The second kappa shape index (κ2) is 10.5. The first-order chi connectivity index (χ1) is 8.24. The molecule has 0 unspecified atom stereocenters. The van der Waals surface area contributed by atoms with Gasteiger partial charge < -0.3 is 9.47 Å². The first-order valence-electron chi connectivity index (χ1n) is 6.70. The van der Waals surface area contributed by atoms with Crippen molar-refractivity contribution in [2.24, 2.45) is 5.92 Å². The minimum atomic E-state index is -0.0780. The molecule has 0 aromatic heterocycles. The van der Waals surface area contributed by atoms with E-state index in [0.29, 0.717) is 6.61 Å². The molecule has 4 nitrogen and oxygen atoms in total. The third-order valence-corrected chi connectivity index (χ3v) is 2.77. The Morgan fingerprint density at radius 3 is 2.47 bits per heavy atom. The first-order valence-corrected chi connectivity index (χ1v) is 6.70. The van der Waals surface area contributed by atoms with Crippen LogP contribution >= 0.6 is 0 Å². The van der Waals surface area contributed by atoms with Crippen molar-refractivity contribution in [1.82, 2.24) is 4.90 Å². The van der Waals surface area contributed by atoms with Gasteiger partial charge >= 0.3 is 5.97 Å². The van der Waals surface area contributed by atoms with Crippen molar-refractivity contribution in [1.29, 1.82) is 0 Å². The van der Waals surface area contributed by atoms with Crippen LogP contribution in [0, 0.1) is 5.92 Å². The normalized spacial score (nSPS) is 17.9. The number of ether oxygens (including phenoxy) is 2. The van der Waals surface area contributed by atoms with Crippen LogP contribution in [0.1, 0.15) is 34.1 Å². The second-order valence-corrected chi connectivity index (χ2v) is 3.93. The van der Waals surface area contributed by atoms with Crippen molar-refractivity contribution in [3.8, 4) is 0 Å². The van der Waals surface area contributed by atoms with Crippen LogP contribution in [0.25, 0.3) is 0 Å². The van der Waals surface area contributed by atoms with E-state index in [1.54, 1.807) is 0 Å². The summed E-state index contributed by atoms with van der Waals surface area (Å²) in [4.78, 5) is 13.6. The number of carbonyl (C=O) groups excluding carboxylic acids is 1. The maximum atomic E-state index is 11.4. The summed E-state index contributed by atoms with van der Waals surface area (Å²) in [6.45, 7) is 12.7. The molecule has 0 amide bonds. The minimum absolute atomic E-state index is 0.0229. The largest absolute Gasteiger partial charge is 0.464 e. The van der Waals surface area contributed by atoms with Gasteiger partial charge in [-0.25, -0.2) is 0 Å². The number of hydrogen-bond acceptors (Lipinski definition) is 4. The number of morpholine rings is 1. The predicted octanol–water partition coefficient (Wildman–Crippen LogP) is 1.93. The lowest BCUT2D eigenvalue weighted by atomic mass is 10.1. The number of nitrogens with zero attached hydrogens (tertiary/aromatic N) is 1. The number of carbonyl (C=O) groups is 1. The molecule has 0 spiro atoms. The maximum Gasteiger partial charge on any atom is 0.308 e. The summed E-state index contributed by atoms with van der Waals surface area (Å²) >= 11 is 0. The molecule has 0 radical (unpaired) electrons. The molecule has 1 fully saturated rings. The molecule has 1 rings (SSSR count). The molecule has 1 aliphatic heterocycles. The third kappa shape index (κ3) is 7.34. The molecule has 1 atom stereocenters. The Labute approximate surface area is 105 Å². The van der Waals surface area contributed by atoms with Crippen molar-refractivity contribution in [3.63, 3.8) is 0 Å². The molecule has 1 saturated heterocycles. The number of hydrogen-bond donors (Lipinski definition) is 0. The zero-order chi connectivity index (χ0) is 13.1. The summed E-state index contributed by atoms with van der Waals surface area (Å²) < 4.78 is 10.4. The van der Waals surface area contributed by atoms with Crippen LogP contribution in [0.4, 0.5) is 0 Å². The van der Waals surface area contributed by atoms with E-state index < -0.39 is 0 Å². The Hall–Kier alpha value is -0.610. The molecule has 0 N–H and O–H groups in total. The summed E-state index contributed by atoms with van der Waals surface area (Å²) in [5.74, 6) is -0.0551. The average Bonchev–Trinajstić information content (AvgIpc) is 2.41. The van der Waals surface area contributed by atoms with E-state index in [2.05, 4.69) is 4.90 Å². The summed E-state index contributed by atoms with van der Waals surface area (Å²) in [6, 6.07) is 0. The Kier molecular flexibility index (Phi) is 10.2. The highest BCUT2D eigenvalue weighted by atomic mass is 16.5. The van der Waals surface area contributed by atoms with E-state index in [0.717, 1.165) is 39.3 Å². The van der Waals surface area contributed by atoms with Crippen molar-refractivity contribution in [3.05, 3.63) is 0 Å². The highest BCUT2D eigenvalue weighted by Gasteiger charge is 2.13. The van der Waals surface area contributed by atoms with Crippen LogP contribution in [-0.2, 0) is 14.3 Å². The Balaban J connectivity index is 0.00000121. The van der Waals surface area contributed by atoms with Gasteiger partial charge in [0, 0.05) is 19.6 Å². The summed E-state index contributed by atoms with van der Waals surface area (Å²) in [6.07, 6.45) is 0.844. The van der Waals surface area contributed by atoms with Crippen molar-refractivity contribution in [2.45, 2.75) is 34.1 Å². The Morgan fingerprint density at radius 2 is 1.94 bits per heavy atom. The van der Waals surface area contributed by atoms with E-state index in [9.17, 15) is 4.79 Å². The molecule has 0 aromatic carbocycles. The van der Waals surface area contributed by atoms with Crippen molar-refractivity contribution < 1.29 is 14.3 Å². The Bertz CT molecular complexity index is 191. The van der Waals surface area contributed by atoms with E-state index in [-0.39, 0.29) is 11.9 Å². The molecular weight excluding hydrogens is 218 g/mol. The number of esters is 1. The van der Waals surface area contributed by atoms with Crippen LogP contribution in [-0.4, -0.2) is 50.3 Å². The van der Waals surface area contributed by atoms with Gasteiger partial charge in [-0.1, -0.05) is 27.7 Å². The molecule has 0 bridgehead atoms. The smallest absolute Gasteiger partial charge is 0.308 e. The first kappa shape index (κ1) is 16.4. The molecule has 0 saturated carbocycles. The van der Waals surface area contributed by atoms with Crippen LogP contribution in [0.3, 0.4) is 0 Å². The standard InChI is InChI=1S/C11H21NO3.C2H6/c1-3-10(2)11(13)15-9-6-12-4-7-14-8-5-12;1-2/h10H,3-9H2,1-2H3;1-2H3/t10-;/m1./s1. The highest BCUT2D eigenvalue weighted by molar-refractivity contribution is 5.71. The van der Waals surface area contributed by atoms with E-state index >= 15 is 0 Å². The van der Waals surface area contributed by atoms with E-state index in [1.165, 1.54) is 0 Å². The topological polar surface area (TPSA) is 38.8 Å². The molecule has 102 valence electrons. The van der Waals surface area contributed by atoms with Crippen LogP contribution in [0.2, 0.25) is 0 Å². The lowest BCUT2D eigenvalue weighted by Gasteiger charge is -2.26. The van der Waals surface area contributed by atoms with Gasteiger partial charge in [-0.05, 0) is 6.42 Å². The zero-order valence-electron chi connectivity index (χ0n) is 11.7. The van der Waals surface area contributed by atoms with Crippen LogP contribution in [0.15, 0.2) is 0 Å². The van der Waals surface area contributed by atoms with E-state index in [4.69, 9.17) is 9.47 Å². The third-order valence-electron chi connectivity index (χ3n) is 2.77. The summed E-state index contributed by atoms with van der Waals surface area (Å²) in [5.41, 5.74) is 0. The van der Waals surface area contributed by atoms with Gasteiger partial charge in [0.05, 0.1) is 19.1 Å². The summed E-state index contributed by atoms with van der Waals surface area (Å²) in [7, 11) is 0. The summed E-state index contributed by atoms with van der Waals surface area (Å²) in [5, 5.41) is 0. The molecular formula is C13H27NO3. The van der Waals surface area contributed by atoms with Gasteiger partial charge in [-0.15, -0.1) is 0 Å². The fraction of sp³-hybridized carbons (Fsp3) is 0.923. The highest BCUT2D eigenvalue weighted by Crippen LogP contribution is 2.03. The average molecular weight is 245 g/mol. The predicted molar refractivity (Wildman–Crippen MR) is 69.0 cm³/mol. The van der Waals surface area contributed by atoms with Crippen LogP contribution < -0.4 is 0 Å². The van der Waals surface area contributed by atoms with Gasteiger partial charge in [-0.2, -0.15) is 0 Å². The van der Waals surface area contributed by atoms with Gasteiger partial charge in [0.25, 0.3) is 0 Å². The SMILES string of the molecule is CC.CC[C@@H](C)C(=O)OCCN1CCOCC1. The number of rotatable bonds is 5. The Morgan fingerprint density at radius 1 is 1.35 bits per heavy atom. The lowest BCUT2D eigenvalue weighted by Crippen LogP contribution is -2.38. The van der Waals surface area contributed by atoms with Gasteiger partial charge in [0.1, 0.15) is 6.61 Å². The molecule has 1 heterocycles. The fourth-order valence-electron chi connectivity index (χ4n) is 1.41.